The van der Waals surface area contributed by atoms with Crippen molar-refractivity contribution in [2.45, 2.75) is 25.4 Å². The molecule has 0 aromatic heterocycles. The van der Waals surface area contributed by atoms with Crippen LogP contribution in [0.25, 0.3) is 0 Å². The maximum Gasteiger partial charge on any atom is 0.325 e. The number of urea groups is 1. The molecule has 24 heavy (non-hydrogen) atoms. The van der Waals surface area contributed by atoms with Gasteiger partial charge in [0.15, 0.2) is 0 Å². The van der Waals surface area contributed by atoms with Gasteiger partial charge in [0.1, 0.15) is 11.4 Å². The van der Waals surface area contributed by atoms with Crippen molar-refractivity contribution in [1.82, 2.24) is 10.2 Å². The quantitative estimate of drug-likeness (QED) is 0.855. The molecule has 1 N–H and O–H groups in total. The second kappa shape index (κ2) is 6.24. The van der Waals surface area contributed by atoms with E-state index >= 15 is 0 Å². The summed E-state index contributed by atoms with van der Waals surface area (Å²) in [7, 11) is 0. The second-order valence-corrected chi connectivity index (χ2v) is 6.05. The Hall–Kier alpha value is -2.40. The summed E-state index contributed by atoms with van der Waals surface area (Å²) in [6, 6.07) is 12.8. The summed E-state index contributed by atoms with van der Waals surface area (Å²) in [6.45, 7) is 1.62. The van der Waals surface area contributed by atoms with Gasteiger partial charge in [0.05, 0.1) is 6.54 Å². The molecule has 0 unspecified atom stereocenters. The van der Waals surface area contributed by atoms with E-state index < -0.39 is 23.3 Å². The zero-order valence-corrected chi connectivity index (χ0v) is 13.8. The van der Waals surface area contributed by atoms with Crippen molar-refractivity contribution >= 4 is 23.5 Å². The largest absolute Gasteiger partial charge is 0.325 e. The standard InChI is InChI=1S/C18H16ClFN2O2/c1-2-18(12-7-4-3-5-8-12)16(23)22(17(24)21-18)11-13-14(19)9-6-10-15(13)20/h3-10H,2,11H2,1H3,(H,21,24)/t18-/m0/s1. The van der Waals surface area contributed by atoms with Gasteiger partial charge < -0.3 is 5.32 Å². The van der Waals surface area contributed by atoms with Gasteiger partial charge in [-0.25, -0.2) is 9.18 Å². The van der Waals surface area contributed by atoms with Gasteiger partial charge in [-0.15, -0.1) is 0 Å². The van der Waals surface area contributed by atoms with Gasteiger partial charge in [-0.1, -0.05) is 54.9 Å². The predicted octanol–water partition coefficient (Wildman–Crippen LogP) is 3.84. The molecule has 2 aromatic rings. The van der Waals surface area contributed by atoms with Crippen LogP contribution in [0.2, 0.25) is 5.02 Å². The number of hydrogen-bond donors (Lipinski definition) is 1. The molecule has 0 radical (unpaired) electrons. The molecule has 1 aliphatic rings. The van der Waals surface area contributed by atoms with Crippen molar-refractivity contribution in [1.29, 1.82) is 0 Å². The molecule has 1 saturated heterocycles. The number of imide groups is 1. The summed E-state index contributed by atoms with van der Waals surface area (Å²) in [6.07, 6.45) is 0.392. The summed E-state index contributed by atoms with van der Waals surface area (Å²) in [5.41, 5.74) is -0.300. The lowest BCUT2D eigenvalue weighted by Crippen LogP contribution is -2.43. The SMILES string of the molecule is CC[C@@]1(c2ccccc2)NC(=O)N(Cc2c(F)cccc2Cl)C1=O. The van der Waals surface area contributed by atoms with Crippen molar-refractivity contribution in [3.05, 3.63) is 70.5 Å². The second-order valence-electron chi connectivity index (χ2n) is 5.65. The summed E-state index contributed by atoms with van der Waals surface area (Å²) < 4.78 is 14.0. The first-order valence-electron chi connectivity index (χ1n) is 7.62. The van der Waals surface area contributed by atoms with Crippen LogP contribution < -0.4 is 5.32 Å². The Labute approximate surface area is 144 Å². The summed E-state index contributed by atoms with van der Waals surface area (Å²) in [5.74, 6) is -0.947. The first-order valence-corrected chi connectivity index (χ1v) is 8.00. The molecule has 3 amide bonds. The van der Waals surface area contributed by atoms with E-state index in [1.807, 2.05) is 25.1 Å². The third kappa shape index (κ3) is 2.55. The predicted molar refractivity (Wildman–Crippen MR) is 88.9 cm³/mol. The molecule has 0 saturated carbocycles. The van der Waals surface area contributed by atoms with E-state index in [4.69, 9.17) is 11.6 Å². The Morgan fingerprint density at radius 3 is 2.46 bits per heavy atom. The van der Waals surface area contributed by atoms with Gasteiger partial charge in [0, 0.05) is 10.6 Å². The fourth-order valence-electron chi connectivity index (χ4n) is 2.97. The van der Waals surface area contributed by atoms with Crippen molar-refractivity contribution < 1.29 is 14.0 Å². The molecule has 1 heterocycles. The fourth-order valence-corrected chi connectivity index (χ4v) is 3.20. The van der Waals surface area contributed by atoms with Crippen molar-refractivity contribution in [2.24, 2.45) is 0 Å². The fraction of sp³-hybridized carbons (Fsp3) is 0.222. The number of carbonyl (C=O) groups is 2. The van der Waals surface area contributed by atoms with Gasteiger partial charge in [0.2, 0.25) is 0 Å². The topological polar surface area (TPSA) is 49.4 Å². The lowest BCUT2D eigenvalue weighted by Gasteiger charge is -2.25. The number of hydrogen-bond acceptors (Lipinski definition) is 2. The molecule has 1 aliphatic heterocycles. The number of benzene rings is 2. The number of carbonyl (C=O) groups excluding carboxylic acids is 2. The van der Waals surface area contributed by atoms with Crippen LogP contribution >= 0.6 is 11.6 Å². The maximum atomic E-state index is 14.0. The molecular weight excluding hydrogens is 331 g/mol. The van der Waals surface area contributed by atoms with Crippen molar-refractivity contribution in [3.63, 3.8) is 0 Å². The van der Waals surface area contributed by atoms with Gasteiger partial charge in [0.25, 0.3) is 5.91 Å². The van der Waals surface area contributed by atoms with Crippen LogP contribution in [0.15, 0.2) is 48.5 Å². The highest BCUT2D eigenvalue weighted by Gasteiger charge is 2.51. The molecule has 6 heteroatoms. The molecule has 3 rings (SSSR count). The number of amides is 3. The average molecular weight is 347 g/mol. The van der Waals surface area contributed by atoms with Crippen LogP contribution in [-0.4, -0.2) is 16.8 Å². The van der Waals surface area contributed by atoms with Gasteiger partial charge in [-0.2, -0.15) is 0 Å². The number of halogens is 2. The number of rotatable bonds is 4. The van der Waals surface area contributed by atoms with E-state index in [1.54, 1.807) is 12.1 Å². The Kier molecular flexibility index (Phi) is 4.28. The highest BCUT2D eigenvalue weighted by molar-refractivity contribution is 6.31. The minimum Gasteiger partial charge on any atom is -0.319 e. The molecule has 1 atom stereocenters. The van der Waals surface area contributed by atoms with Gasteiger partial charge >= 0.3 is 6.03 Å². The molecule has 124 valence electrons. The van der Waals surface area contributed by atoms with Gasteiger partial charge in [-0.05, 0) is 24.1 Å². The van der Waals surface area contributed by atoms with Crippen molar-refractivity contribution in [3.8, 4) is 0 Å². The summed E-state index contributed by atoms with van der Waals surface area (Å²) >= 11 is 6.02. The Morgan fingerprint density at radius 2 is 1.83 bits per heavy atom. The molecular formula is C18H16ClFN2O2. The highest BCUT2D eigenvalue weighted by Crippen LogP contribution is 2.34. The highest BCUT2D eigenvalue weighted by atomic mass is 35.5. The number of nitrogens with one attached hydrogen (secondary N) is 1. The molecule has 0 bridgehead atoms. The Bertz CT molecular complexity index is 777. The molecule has 2 aromatic carbocycles. The minimum atomic E-state index is -1.13. The molecule has 1 fully saturated rings. The monoisotopic (exact) mass is 346 g/mol. The van der Waals surface area contributed by atoms with E-state index in [0.717, 1.165) is 4.90 Å². The van der Waals surface area contributed by atoms with Crippen LogP contribution in [0.4, 0.5) is 9.18 Å². The van der Waals surface area contributed by atoms with Crippen LogP contribution in [0.5, 0.6) is 0 Å². The Morgan fingerprint density at radius 1 is 1.12 bits per heavy atom. The smallest absolute Gasteiger partial charge is 0.319 e. The van der Waals surface area contributed by atoms with E-state index in [0.29, 0.717) is 12.0 Å². The van der Waals surface area contributed by atoms with Crippen LogP contribution in [-0.2, 0) is 16.9 Å². The van der Waals surface area contributed by atoms with E-state index in [2.05, 4.69) is 5.32 Å². The first kappa shape index (κ1) is 16.5. The third-order valence-electron chi connectivity index (χ3n) is 4.35. The van der Waals surface area contributed by atoms with E-state index in [1.165, 1.54) is 18.2 Å². The number of nitrogens with zero attached hydrogens (tertiary/aromatic N) is 1. The summed E-state index contributed by atoms with van der Waals surface area (Å²) in [4.78, 5) is 26.4. The van der Waals surface area contributed by atoms with E-state index in [9.17, 15) is 14.0 Å². The molecule has 0 aliphatic carbocycles. The van der Waals surface area contributed by atoms with Crippen molar-refractivity contribution in [2.75, 3.05) is 0 Å². The zero-order valence-electron chi connectivity index (χ0n) is 13.1. The van der Waals surface area contributed by atoms with Gasteiger partial charge in [-0.3, -0.25) is 9.69 Å². The third-order valence-corrected chi connectivity index (χ3v) is 4.70. The summed E-state index contributed by atoms with van der Waals surface area (Å²) in [5, 5.41) is 2.95. The Balaban J connectivity index is 1.97. The first-order chi connectivity index (χ1) is 11.5. The van der Waals surface area contributed by atoms with E-state index in [-0.39, 0.29) is 17.1 Å². The lowest BCUT2D eigenvalue weighted by molar-refractivity contribution is -0.132. The minimum absolute atomic E-state index is 0.127. The average Bonchev–Trinajstić information content (AvgIpc) is 2.83. The molecule has 0 spiro atoms. The normalized spacial score (nSPS) is 20.4. The maximum absolute atomic E-state index is 14.0. The zero-order chi connectivity index (χ0) is 17.3. The van der Waals surface area contributed by atoms with Crippen LogP contribution in [0.3, 0.4) is 0 Å². The lowest BCUT2D eigenvalue weighted by atomic mass is 9.87. The van der Waals surface area contributed by atoms with Crippen LogP contribution in [0.1, 0.15) is 24.5 Å². The van der Waals surface area contributed by atoms with Crippen LogP contribution in [0, 0.1) is 5.82 Å². The molecule has 4 nitrogen and oxygen atoms in total.